The molecule has 21 heavy (non-hydrogen) atoms. The van der Waals surface area contributed by atoms with Gasteiger partial charge >= 0.3 is 12.4 Å². The standard InChI is InChI=1S/C13H13F6NO/c1-2-5-20(8-12(14,15)16)11-4-3-9(7-21)6-10(11)13(17,18)19/h3-4,6-7H,2,5,8H2,1H3. The SMILES string of the molecule is CCCN(CC(F)(F)F)c1ccc(C=O)cc1C(F)(F)F. The number of hydrogen-bond acceptors (Lipinski definition) is 2. The van der Waals surface area contributed by atoms with Crippen LogP contribution in [0.5, 0.6) is 0 Å². The summed E-state index contributed by atoms with van der Waals surface area (Å²) in [6, 6.07) is 2.52. The summed E-state index contributed by atoms with van der Waals surface area (Å²) in [7, 11) is 0. The van der Waals surface area contributed by atoms with Crippen molar-refractivity contribution in [3.63, 3.8) is 0 Å². The summed E-state index contributed by atoms with van der Waals surface area (Å²) >= 11 is 0. The van der Waals surface area contributed by atoms with E-state index in [1.807, 2.05) is 0 Å². The van der Waals surface area contributed by atoms with Crippen LogP contribution < -0.4 is 4.90 Å². The maximum Gasteiger partial charge on any atom is 0.418 e. The van der Waals surface area contributed by atoms with E-state index < -0.39 is 30.1 Å². The number of aldehydes is 1. The number of halogens is 6. The molecule has 1 aromatic rings. The fourth-order valence-corrected chi connectivity index (χ4v) is 1.90. The van der Waals surface area contributed by atoms with Crippen LogP contribution in [0.15, 0.2) is 18.2 Å². The number of carbonyl (C=O) groups is 1. The molecule has 0 atom stereocenters. The molecule has 2 nitrogen and oxygen atoms in total. The van der Waals surface area contributed by atoms with Crippen molar-refractivity contribution in [1.82, 2.24) is 0 Å². The summed E-state index contributed by atoms with van der Waals surface area (Å²) in [5, 5.41) is 0. The van der Waals surface area contributed by atoms with Crippen molar-refractivity contribution in [3.8, 4) is 0 Å². The highest BCUT2D eigenvalue weighted by atomic mass is 19.4. The number of rotatable bonds is 5. The van der Waals surface area contributed by atoms with E-state index in [4.69, 9.17) is 0 Å². The van der Waals surface area contributed by atoms with Gasteiger partial charge in [0.05, 0.1) is 5.56 Å². The Bertz CT molecular complexity index is 494. The van der Waals surface area contributed by atoms with Gasteiger partial charge in [-0.25, -0.2) is 0 Å². The van der Waals surface area contributed by atoms with Crippen LogP contribution in [-0.4, -0.2) is 25.6 Å². The van der Waals surface area contributed by atoms with Crippen molar-refractivity contribution in [1.29, 1.82) is 0 Å². The molecule has 8 heteroatoms. The molecule has 1 aromatic carbocycles. The predicted octanol–water partition coefficient (Wildman–Crippen LogP) is 4.30. The Balaban J connectivity index is 3.32. The van der Waals surface area contributed by atoms with Crippen LogP contribution in [0.4, 0.5) is 32.0 Å². The molecular weight excluding hydrogens is 300 g/mol. The van der Waals surface area contributed by atoms with E-state index in [9.17, 15) is 31.1 Å². The summed E-state index contributed by atoms with van der Waals surface area (Å²) in [6.45, 7) is -0.0934. The first-order valence-electron chi connectivity index (χ1n) is 6.06. The van der Waals surface area contributed by atoms with Crippen molar-refractivity contribution in [2.24, 2.45) is 0 Å². The average Bonchev–Trinajstić information content (AvgIpc) is 2.35. The van der Waals surface area contributed by atoms with Gasteiger partial charge in [-0.3, -0.25) is 4.79 Å². The number of alkyl halides is 6. The molecule has 0 fully saturated rings. The van der Waals surface area contributed by atoms with Crippen molar-refractivity contribution in [2.75, 3.05) is 18.0 Å². The molecule has 0 aliphatic carbocycles. The number of anilines is 1. The van der Waals surface area contributed by atoms with E-state index >= 15 is 0 Å². The zero-order valence-electron chi connectivity index (χ0n) is 11.1. The van der Waals surface area contributed by atoms with Crippen molar-refractivity contribution in [2.45, 2.75) is 25.7 Å². The normalized spacial score (nSPS) is 12.3. The molecule has 0 heterocycles. The molecule has 0 spiro atoms. The Morgan fingerprint density at radius 1 is 1.14 bits per heavy atom. The average molecular weight is 313 g/mol. The third kappa shape index (κ3) is 4.95. The van der Waals surface area contributed by atoms with Gasteiger partial charge in [-0.1, -0.05) is 6.92 Å². The van der Waals surface area contributed by atoms with Gasteiger partial charge in [-0.2, -0.15) is 26.3 Å². The van der Waals surface area contributed by atoms with Gasteiger partial charge in [0.25, 0.3) is 0 Å². The lowest BCUT2D eigenvalue weighted by Crippen LogP contribution is -2.36. The third-order valence-electron chi connectivity index (χ3n) is 2.67. The van der Waals surface area contributed by atoms with Crippen LogP contribution in [0.2, 0.25) is 0 Å². The van der Waals surface area contributed by atoms with Gasteiger partial charge in [-0.15, -0.1) is 0 Å². The Hall–Kier alpha value is -1.73. The van der Waals surface area contributed by atoms with E-state index in [2.05, 4.69) is 0 Å². The smallest absolute Gasteiger partial charge is 0.362 e. The fourth-order valence-electron chi connectivity index (χ4n) is 1.90. The minimum Gasteiger partial charge on any atom is -0.362 e. The van der Waals surface area contributed by atoms with E-state index in [0.29, 0.717) is 11.0 Å². The van der Waals surface area contributed by atoms with E-state index in [1.54, 1.807) is 6.92 Å². The molecule has 0 saturated heterocycles. The number of hydrogen-bond donors (Lipinski definition) is 0. The van der Waals surface area contributed by atoms with Crippen LogP contribution >= 0.6 is 0 Å². The quantitative estimate of drug-likeness (QED) is 0.597. The van der Waals surface area contributed by atoms with Crippen molar-refractivity contribution in [3.05, 3.63) is 29.3 Å². The Labute approximate surface area is 117 Å². The van der Waals surface area contributed by atoms with Gasteiger partial charge < -0.3 is 4.90 Å². The molecule has 0 unspecified atom stereocenters. The second-order valence-electron chi connectivity index (χ2n) is 4.43. The molecule has 0 aliphatic rings. The van der Waals surface area contributed by atoms with Gasteiger partial charge in [0.2, 0.25) is 0 Å². The van der Waals surface area contributed by atoms with E-state index in [0.717, 1.165) is 12.1 Å². The first-order chi connectivity index (χ1) is 9.58. The Kier molecular flexibility index (Phi) is 5.25. The molecule has 0 N–H and O–H groups in total. The van der Waals surface area contributed by atoms with Crippen LogP contribution in [0.25, 0.3) is 0 Å². The fraction of sp³-hybridized carbons (Fsp3) is 0.462. The highest BCUT2D eigenvalue weighted by Crippen LogP contribution is 2.38. The number of benzene rings is 1. The Morgan fingerprint density at radius 2 is 1.76 bits per heavy atom. The lowest BCUT2D eigenvalue weighted by molar-refractivity contribution is -0.138. The van der Waals surface area contributed by atoms with E-state index in [-0.39, 0.29) is 24.8 Å². The molecule has 0 aliphatic heterocycles. The van der Waals surface area contributed by atoms with Gasteiger partial charge in [-0.05, 0) is 24.6 Å². The minimum absolute atomic E-state index is 0.178. The molecule has 0 radical (unpaired) electrons. The maximum atomic E-state index is 13.0. The maximum absolute atomic E-state index is 13.0. The van der Waals surface area contributed by atoms with Crippen LogP contribution in [-0.2, 0) is 6.18 Å². The second-order valence-corrected chi connectivity index (χ2v) is 4.43. The van der Waals surface area contributed by atoms with Crippen LogP contribution in [0.3, 0.4) is 0 Å². The van der Waals surface area contributed by atoms with Gasteiger partial charge in [0, 0.05) is 17.8 Å². The molecular formula is C13H13F6NO. The highest BCUT2D eigenvalue weighted by molar-refractivity contribution is 5.77. The summed E-state index contributed by atoms with van der Waals surface area (Å²) < 4.78 is 76.5. The summed E-state index contributed by atoms with van der Waals surface area (Å²) in [6.07, 6.45) is -9.00. The predicted molar refractivity (Wildman–Crippen MR) is 65.4 cm³/mol. The topological polar surface area (TPSA) is 20.3 Å². The second kappa shape index (κ2) is 6.36. The summed E-state index contributed by atoms with van der Waals surface area (Å²) in [4.78, 5) is 11.2. The van der Waals surface area contributed by atoms with Crippen molar-refractivity contribution < 1.29 is 31.1 Å². The van der Waals surface area contributed by atoms with Crippen LogP contribution in [0.1, 0.15) is 29.3 Å². The van der Waals surface area contributed by atoms with Crippen LogP contribution in [0, 0.1) is 0 Å². The zero-order chi connectivity index (χ0) is 16.3. The zero-order valence-corrected chi connectivity index (χ0v) is 11.1. The minimum atomic E-state index is -4.84. The molecule has 0 aromatic heterocycles. The summed E-state index contributed by atoms with van der Waals surface area (Å²) in [5.41, 5.74) is -2.06. The highest BCUT2D eigenvalue weighted by Gasteiger charge is 2.38. The molecule has 118 valence electrons. The number of nitrogens with zero attached hydrogens (tertiary/aromatic N) is 1. The van der Waals surface area contributed by atoms with Gasteiger partial charge in [0.15, 0.2) is 0 Å². The van der Waals surface area contributed by atoms with E-state index in [1.165, 1.54) is 0 Å². The molecule has 0 bridgehead atoms. The molecule has 1 rings (SSSR count). The largest absolute Gasteiger partial charge is 0.418 e. The first kappa shape index (κ1) is 17.3. The first-order valence-corrected chi connectivity index (χ1v) is 6.06. The Morgan fingerprint density at radius 3 is 2.19 bits per heavy atom. The monoisotopic (exact) mass is 313 g/mol. The van der Waals surface area contributed by atoms with Crippen molar-refractivity contribution >= 4 is 12.0 Å². The van der Waals surface area contributed by atoms with Gasteiger partial charge in [0.1, 0.15) is 12.8 Å². The number of carbonyl (C=O) groups excluding carboxylic acids is 1. The molecule has 0 amide bonds. The molecule has 0 saturated carbocycles. The third-order valence-corrected chi connectivity index (χ3v) is 2.67. The summed E-state index contributed by atoms with van der Waals surface area (Å²) in [5.74, 6) is 0. The lowest BCUT2D eigenvalue weighted by Gasteiger charge is -2.28. The lowest BCUT2D eigenvalue weighted by atomic mass is 10.1.